The smallest absolute Gasteiger partial charge is 0.370 e. The van der Waals surface area contributed by atoms with Crippen LogP contribution in [0.1, 0.15) is 29.0 Å². The molecule has 0 aliphatic rings. The van der Waals surface area contributed by atoms with E-state index in [2.05, 4.69) is 0 Å². The highest BCUT2D eigenvalue weighted by molar-refractivity contribution is 5.75. The number of hydrogen-bond acceptors (Lipinski definition) is 1. The number of nitrogens with two attached hydrogens (primary N) is 1. The Morgan fingerprint density at radius 1 is 0.955 bits per heavy atom. The maximum absolute atomic E-state index is 13.0. The Hall–Kier alpha value is -2.37. The van der Waals surface area contributed by atoms with Crippen LogP contribution in [0.15, 0.2) is 48.5 Å². The van der Waals surface area contributed by atoms with E-state index in [4.69, 9.17) is 5.73 Å². The summed E-state index contributed by atoms with van der Waals surface area (Å²) >= 11 is 0. The molecule has 22 heavy (non-hydrogen) atoms. The van der Waals surface area contributed by atoms with E-state index in [1.54, 1.807) is 0 Å². The van der Waals surface area contributed by atoms with Crippen molar-refractivity contribution in [1.82, 2.24) is 0 Å². The highest BCUT2D eigenvalue weighted by atomic mass is 19.4. The van der Waals surface area contributed by atoms with E-state index in [9.17, 15) is 22.4 Å². The van der Waals surface area contributed by atoms with Crippen LogP contribution in [0.2, 0.25) is 0 Å². The Labute approximate surface area is 124 Å². The van der Waals surface area contributed by atoms with E-state index in [1.807, 2.05) is 0 Å². The Kier molecular flexibility index (Phi) is 4.49. The summed E-state index contributed by atoms with van der Waals surface area (Å²) in [6.07, 6.45) is -4.50. The van der Waals surface area contributed by atoms with Gasteiger partial charge in [0.25, 0.3) is 0 Å². The summed E-state index contributed by atoms with van der Waals surface area (Å²) in [5.41, 5.74) is 5.56. The molecule has 0 saturated carbocycles. The minimum atomic E-state index is -4.42. The van der Waals surface area contributed by atoms with Gasteiger partial charge in [0.15, 0.2) is 0 Å². The molecule has 0 aromatic heterocycles. The molecule has 2 aromatic carbocycles. The molecule has 1 unspecified atom stereocenters. The quantitative estimate of drug-likeness (QED) is 0.856. The molecule has 116 valence electrons. The molecule has 0 heterocycles. The van der Waals surface area contributed by atoms with Crippen molar-refractivity contribution in [1.29, 1.82) is 0 Å². The zero-order valence-electron chi connectivity index (χ0n) is 11.4. The second-order valence-electron chi connectivity index (χ2n) is 4.89. The molecule has 0 saturated heterocycles. The molecule has 1 atom stereocenters. The highest BCUT2D eigenvalue weighted by Crippen LogP contribution is 2.33. The molecule has 2 aromatic rings. The molecular weight excluding hydrogens is 298 g/mol. The Balaban J connectivity index is 2.37. The summed E-state index contributed by atoms with van der Waals surface area (Å²) in [6, 6.07) is 9.95. The van der Waals surface area contributed by atoms with Crippen molar-refractivity contribution in [3.63, 3.8) is 0 Å². The van der Waals surface area contributed by atoms with Crippen LogP contribution in [0.4, 0.5) is 17.6 Å². The predicted octanol–water partition coefficient (Wildman–Crippen LogP) is 3.85. The Morgan fingerprint density at radius 2 is 1.41 bits per heavy atom. The van der Waals surface area contributed by atoms with Crippen LogP contribution in [0, 0.1) is 5.82 Å². The van der Waals surface area contributed by atoms with E-state index in [1.165, 1.54) is 36.4 Å². The van der Waals surface area contributed by atoms with Gasteiger partial charge in [0, 0.05) is 12.3 Å². The fourth-order valence-electron chi connectivity index (χ4n) is 2.23. The van der Waals surface area contributed by atoms with Gasteiger partial charge in [0.2, 0.25) is 5.91 Å². The molecule has 0 radical (unpaired) electrons. The van der Waals surface area contributed by atoms with Gasteiger partial charge in [-0.3, -0.25) is 4.79 Å². The summed E-state index contributed by atoms with van der Waals surface area (Å²) in [4.78, 5) is 11.2. The molecule has 1 amide bonds. The van der Waals surface area contributed by atoms with Gasteiger partial charge in [-0.2, -0.15) is 13.2 Å². The number of carbonyl (C=O) groups excluding carboxylic acids is 1. The van der Waals surface area contributed by atoms with Gasteiger partial charge in [0.05, 0.1) is 5.56 Å². The number of amides is 1. The zero-order chi connectivity index (χ0) is 16.3. The Bertz CT molecular complexity index is 647. The largest absolute Gasteiger partial charge is 0.416 e. The maximum Gasteiger partial charge on any atom is 0.416 e. The first-order valence-electron chi connectivity index (χ1n) is 6.48. The van der Waals surface area contributed by atoms with E-state index in [-0.39, 0.29) is 6.42 Å². The summed E-state index contributed by atoms with van der Waals surface area (Å²) in [7, 11) is 0. The van der Waals surface area contributed by atoms with Crippen molar-refractivity contribution < 1.29 is 22.4 Å². The fraction of sp³-hybridized carbons (Fsp3) is 0.188. The van der Waals surface area contributed by atoms with Crippen LogP contribution in [0.25, 0.3) is 0 Å². The molecule has 0 aliphatic carbocycles. The second kappa shape index (κ2) is 6.17. The van der Waals surface area contributed by atoms with E-state index in [0.29, 0.717) is 11.1 Å². The first kappa shape index (κ1) is 16.0. The minimum absolute atomic E-state index is 0.0724. The van der Waals surface area contributed by atoms with Gasteiger partial charge < -0.3 is 5.73 Å². The first-order chi connectivity index (χ1) is 10.3. The lowest BCUT2D eigenvalue weighted by Crippen LogP contribution is -2.16. The molecule has 0 bridgehead atoms. The molecule has 0 spiro atoms. The van der Waals surface area contributed by atoms with Crippen molar-refractivity contribution in [2.45, 2.75) is 18.5 Å². The minimum Gasteiger partial charge on any atom is -0.370 e. The lowest BCUT2D eigenvalue weighted by atomic mass is 9.88. The SMILES string of the molecule is NC(=O)CC(c1ccc(F)cc1)c1ccc(C(F)(F)F)cc1. The number of alkyl halides is 3. The number of benzene rings is 2. The van der Waals surface area contributed by atoms with Crippen LogP contribution in [0.3, 0.4) is 0 Å². The number of primary amides is 1. The van der Waals surface area contributed by atoms with Crippen molar-refractivity contribution in [2.75, 3.05) is 0 Å². The van der Waals surface area contributed by atoms with Crippen LogP contribution < -0.4 is 5.73 Å². The molecule has 2 rings (SSSR count). The fourth-order valence-corrected chi connectivity index (χ4v) is 2.23. The van der Waals surface area contributed by atoms with Gasteiger partial charge in [0.1, 0.15) is 5.82 Å². The molecule has 0 fully saturated rings. The zero-order valence-corrected chi connectivity index (χ0v) is 11.4. The third-order valence-corrected chi connectivity index (χ3v) is 3.32. The molecular formula is C16H13F4NO. The molecule has 6 heteroatoms. The number of halogens is 4. The van der Waals surface area contributed by atoms with E-state index < -0.39 is 29.4 Å². The number of hydrogen-bond donors (Lipinski definition) is 1. The average molecular weight is 311 g/mol. The molecule has 2 nitrogen and oxygen atoms in total. The highest BCUT2D eigenvalue weighted by Gasteiger charge is 2.30. The van der Waals surface area contributed by atoms with Crippen LogP contribution in [0.5, 0.6) is 0 Å². The Morgan fingerprint density at radius 3 is 1.82 bits per heavy atom. The van der Waals surface area contributed by atoms with Gasteiger partial charge in [-0.15, -0.1) is 0 Å². The van der Waals surface area contributed by atoms with Gasteiger partial charge in [-0.1, -0.05) is 24.3 Å². The van der Waals surface area contributed by atoms with Crippen molar-refractivity contribution in [2.24, 2.45) is 5.73 Å². The van der Waals surface area contributed by atoms with Crippen molar-refractivity contribution in [3.8, 4) is 0 Å². The summed E-state index contributed by atoms with van der Waals surface area (Å²) in [6.45, 7) is 0. The topological polar surface area (TPSA) is 43.1 Å². The van der Waals surface area contributed by atoms with E-state index >= 15 is 0 Å². The third kappa shape index (κ3) is 3.84. The normalized spacial score (nSPS) is 12.9. The summed E-state index contributed by atoms with van der Waals surface area (Å²) in [5.74, 6) is -1.54. The van der Waals surface area contributed by atoms with Crippen molar-refractivity contribution >= 4 is 5.91 Å². The van der Waals surface area contributed by atoms with Crippen LogP contribution in [-0.2, 0) is 11.0 Å². The lowest BCUT2D eigenvalue weighted by molar-refractivity contribution is -0.137. The maximum atomic E-state index is 13.0. The monoisotopic (exact) mass is 311 g/mol. The van der Waals surface area contributed by atoms with Crippen LogP contribution in [-0.4, -0.2) is 5.91 Å². The second-order valence-corrected chi connectivity index (χ2v) is 4.89. The number of carbonyl (C=O) groups is 1. The predicted molar refractivity (Wildman–Crippen MR) is 73.5 cm³/mol. The van der Waals surface area contributed by atoms with Gasteiger partial charge >= 0.3 is 6.18 Å². The number of rotatable bonds is 4. The van der Waals surface area contributed by atoms with Gasteiger partial charge in [-0.25, -0.2) is 4.39 Å². The summed E-state index contributed by atoms with van der Waals surface area (Å²) < 4.78 is 50.7. The average Bonchev–Trinajstić information content (AvgIpc) is 2.45. The van der Waals surface area contributed by atoms with Gasteiger partial charge in [-0.05, 0) is 35.4 Å². The lowest BCUT2D eigenvalue weighted by Gasteiger charge is -2.17. The molecule has 0 aliphatic heterocycles. The van der Waals surface area contributed by atoms with Crippen molar-refractivity contribution in [3.05, 3.63) is 71.0 Å². The summed E-state index contributed by atoms with van der Waals surface area (Å²) in [5, 5.41) is 0. The van der Waals surface area contributed by atoms with Crippen LogP contribution >= 0.6 is 0 Å². The molecule has 2 N–H and O–H groups in total. The first-order valence-corrected chi connectivity index (χ1v) is 6.48. The third-order valence-electron chi connectivity index (χ3n) is 3.32. The van der Waals surface area contributed by atoms with E-state index in [0.717, 1.165) is 12.1 Å². The standard InChI is InChI=1S/C16H13F4NO/c17-13-7-3-11(4-8-13)14(9-15(21)22)10-1-5-12(6-2-10)16(18,19)20/h1-8,14H,9H2,(H2,21,22).